The number of aryl methyl sites for hydroxylation is 1. The molecule has 2 N–H and O–H groups in total. The lowest BCUT2D eigenvalue weighted by Gasteiger charge is -2.02. The Bertz CT molecular complexity index is 432. The van der Waals surface area contributed by atoms with Crippen molar-refractivity contribution >= 4 is 17.6 Å². The maximum atomic E-state index is 11.4. The number of anilines is 1. The first-order valence-electron chi connectivity index (χ1n) is 4.78. The van der Waals surface area contributed by atoms with Gasteiger partial charge in [-0.2, -0.15) is 0 Å². The van der Waals surface area contributed by atoms with E-state index in [2.05, 4.69) is 5.32 Å². The summed E-state index contributed by atoms with van der Waals surface area (Å²) in [6.45, 7) is 3.32. The molecule has 0 heterocycles. The zero-order valence-electron chi connectivity index (χ0n) is 9.15. The first-order valence-corrected chi connectivity index (χ1v) is 4.78. The van der Waals surface area contributed by atoms with E-state index in [1.54, 1.807) is 12.1 Å². The van der Waals surface area contributed by atoms with Crippen LogP contribution in [-0.4, -0.2) is 17.0 Å². The third kappa shape index (κ3) is 3.57. The summed E-state index contributed by atoms with van der Waals surface area (Å²) in [6.07, 6.45) is 1.06. The van der Waals surface area contributed by atoms with Crippen LogP contribution in [0.4, 0.5) is 5.69 Å². The van der Waals surface area contributed by atoms with Crippen molar-refractivity contribution in [2.24, 2.45) is 0 Å². The fraction of sp³-hybridized carbons (Fsp3) is 0.167. The van der Waals surface area contributed by atoms with Crippen LogP contribution in [-0.2, 0) is 9.59 Å². The highest BCUT2D eigenvalue weighted by Crippen LogP contribution is 2.08. The highest BCUT2D eigenvalue weighted by Gasteiger charge is 2.04. The third-order valence-electron chi connectivity index (χ3n) is 2.00. The molecule has 0 atom stereocenters. The van der Waals surface area contributed by atoms with E-state index in [-0.39, 0.29) is 5.57 Å². The molecule has 0 unspecified atom stereocenters. The number of amides is 1. The first-order chi connectivity index (χ1) is 7.49. The minimum Gasteiger partial charge on any atom is -0.478 e. The Kier molecular flexibility index (Phi) is 3.83. The molecule has 1 rings (SSSR count). The largest absolute Gasteiger partial charge is 0.478 e. The Morgan fingerprint density at radius 2 is 1.81 bits per heavy atom. The second-order valence-corrected chi connectivity index (χ2v) is 3.49. The molecule has 0 fully saturated rings. The lowest BCUT2D eigenvalue weighted by molar-refractivity contribution is -0.132. The van der Waals surface area contributed by atoms with Gasteiger partial charge in [-0.05, 0) is 26.0 Å². The van der Waals surface area contributed by atoms with E-state index in [0.29, 0.717) is 5.69 Å². The van der Waals surface area contributed by atoms with Gasteiger partial charge < -0.3 is 10.4 Å². The van der Waals surface area contributed by atoms with Crippen molar-refractivity contribution in [3.05, 3.63) is 41.5 Å². The van der Waals surface area contributed by atoms with Crippen molar-refractivity contribution in [2.75, 3.05) is 5.32 Å². The minimum absolute atomic E-state index is 0.00427. The molecule has 4 nitrogen and oxygen atoms in total. The summed E-state index contributed by atoms with van der Waals surface area (Å²) < 4.78 is 0. The molecule has 84 valence electrons. The highest BCUT2D eigenvalue weighted by atomic mass is 16.4. The van der Waals surface area contributed by atoms with Crippen molar-refractivity contribution in [1.29, 1.82) is 0 Å². The van der Waals surface area contributed by atoms with E-state index in [4.69, 9.17) is 5.11 Å². The van der Waals surface area contributed by atoms with Gasteiger partial charge in [-0.15, -0.1) is 0 Å². The zero-order valence-corrected chi connectivity index (χ0v) is 9.15. The van der Waals surface area contributed by atoms with Gasteiger partial charge in [0.05, 0.1) is 0 Å². The Morgan fingerprint density at radius 3 is 2.31 bits per heavy atom. The average Bonchev–Trinajstić information content (AvgIpc) is 2.21. The van der Waals surface area contributed by atoms with Crippen LogP contribution in [0.1, 0.15) is 12.5 Å². The van der Waals surface area contributed by atoms with E-state index < -0.39 is 11.9 Å². The van der Waals surface area contributed by atoms with Crippen LogP contribution in [0.3, 0.4) is 0 Å². The number of carbonyl (C=O) groups excluding carboxylic acids is 1. The molecule has 0 radical (unpaired) electrons. The van der Waals surface area contributed by atoms with Crippen LogP contribution in [0.25, 0.3) is 0 Å². The Labute approximate surface area is 93.6 Å². The van der Waals surface area contributed by atoms with Gasteiger partial charge in [0.25, 0.3) is 0 Å². The second kappa shape index (κ2) is 5.11. The number of aliphatic carboxylic acids is 1. The monoisotopic (exact) mass is 219 g/mol. The summed E-state index contributed by atoms with van der Waals surface area (Å²) in [5, 5.41) is 11.2. The van der Waals surface area contributed by atoms with Crippen LogP contribution in [0.5, 0.6) is 0 Å². The molecule has 1 aromatic rings. The minimum atomic E-state index is -1.10. The molecule has 0 aliphatic carbocycles. The molecule has 1 aromatic carbocycles. The molecule has 16 heavy (non-hydrogen) atoms. The van der Waals surface area contributed by atoms with Crippen LogP contribution in [0.2, 0.25) is 0 Å². The highest BCUT2D eigenvalue weighted by molar-refractivity contribution is 6.04. The van der Waals surface area contributed by atoms with Gasteiger partial charge in [-0.25, -0.2) is 4.79 Å². The summed E-state index contributed by atoms with van der Waals surface area (Å²) in [5.41, 5.74) is 1.74. The molecular formula is C12H13NO3. The summed E-state index contributed by atoms with van der Waals surface area (Å²) >= 11 is 0. The van der Waals surface area contributed by atoms with E-state index in [1.165, 1.54) is 6.92 Å². The quantitative estimate of drug-likeness (QED) is 0.764. The molecule has 0 spiro atoms. The van der Waals surface area contributed by atoms with E-state index >= 15 is 0 Å². The molecule has 0 aliphatic rings. The fourth-order valence-electron chi connectivity index (χ4n) is 1.07. The molecule has 0 aliphatic heterocycles. The molecule has 0 aromatic heterocycles. The lowest BCUT2D eigenvalue weighted by atomic mass is 10.2. The summed E-state index contributed by atoms with van der Waals surface area (Å²) in [4.78, 5) is 21.8. The molecule has 0 bridgehead atoms. The number of carboxylic acid groups (broad SMARTS) is 1. The zero-order chi connectivity index (χ0) is 12.1. The Balaban J connectivity index is 2.68. The standard InChI is InChI=1S/C12H13NO3/c1-8-3-5-10(6-4-8)13-11(14)7-9(2)12(15)16/h3-7H,1-2H3,(H,13,14)(H,15,16)/b9-7+. The number of hydrogen-bond donors (Lipinski definition) is 2. The van der Waals surface area contributed by atoms with Crippen LogP contribution in [0.15, 0.2) is 35.9 Å². The molecule has 4 heteroatoms. The Morgan fingerprint density at radius 1 is 1.25 bits per heavy atom. The SMILES string of the molecule is C/C(=C\C(=O)Nc1ccc(C)cc1)C(=O)O. The maximum Gasteiger partial charge on any atom is 0.331 e. The Hall–Kier alpha value is -2.10. The van der Waals surface area contributed by atoms with Gasteiger partial charge in [-0.3, -0.25) is 4.79 Å². The van der Waals surface area contributed by atoms with Gasteiger partial charge >= 0.3 is 5.97 Å². The van der Waals surface area contributed by atoms with E-state index in [1.807, 2.05) is 19.1 Å². The predicted molar refractivity (Wildman–Crippen MR) is 61.2 cm³/mol. The summed E-state index contributed by atoms with van der Waals surface area (Å²) in [6, 6.07) is 7.25. The topological polar surface area (TPSA) is 66.4 Å². The van der Waals surface area contributed by atoms with Crippen molar-refractivity contribution in [2.45, 2.75) is 13.8 Å². The number of carbonyl (C=O) groups is 2. The summed E-state index contributed by atoms with van der Waals surface area (Å²) in [5.74, 6) is -1.54. The molecule has 0 saturated heterocycles. The summed E-state index contributed by atoms with van der Waals surface area (Å²) in [7, 11) is 0. The number of hydrogen-bond acceptors (Lipinski definition) is 2. The van der Waals surface area contributed by atoms with Crippen molar-refractivity contribution in [3.8, 4) is 0 Å². The number of nitrogens with one attached hydrogen (secondary N) is 1. The molecule has 0 saturated carbocycles. The van der Waals surface area contributed by atoms with Gasteiger partial charge in [0.2, 0.25) is 5.91 Å². The van der Waals surface area contributed by atoms with Gasteiger partial charge in [0, 0.05) is 17.3 Å². The molecule has 1 amide bonds. The molecular weight excluding hydrogens is 206 g/mol. The van der Waals surface area contributed by atoms with Crippen LogP contribution < -0.4 is 5.32 Å². The van der Waals surface area contributed by atoms with Gasteiger partial charge in [0.1, 0.15) is 0 Å². The maximum absolute atomic E-state index is 11.4. The van der Waals surface area contributed by atoms with Crippen molar-refractivity contribution in [3.63, 3.8) is 0 Å². The van der Waals surface area contributed by atoms with E-state index in [9.17, 15) is 9.59 Å². The van der Waals surface area contributed by atoms with E-state index in [0.717, 1.165) is 11.6 Å². The van der Waals surface area contributed by atoms with Crippen molar-refractivity contribution < 1.29 is 14.7 Å². The number of benzene rings is 1. The smallest absolute Gasteiger partial charge is 0.331 e. The van der Waals surface area contributed by atoms with Crippen LogP contribution >= 0.6 is 0 Å². The first kappa shape index (κ1) is 12.0. The predicted octanol–water partition coefficient (Wildman–Crippen LogP) is 1.96. The fourth-order valence-corrected chi connectivity index (χ4v) is 1.07. The number of rotatable bonds is 3. The van der Waals surface area contributed by atoms with Crippen LogP contribution in [0, 0.1) is 6.92 Å². The number of carboxylic acids is 1. The lowest BCUT2D eigenvalue weighted by Crippen LogP contribution is -2.10. The average molecular weight is 219 g/mol. The van der Waals surface area contributed by atoms with Crippen molar-refractivity contribution in [1.82, 2.24) is 0 Å². The third-order valence-corrected chi connectivity index (χ3v) is 2.00. The normalized spacial score (nSPS) is 11.0. The van der Waals surface area contributed by atoms with Gasteiger partial charge in [0.15, 0.2) is 0 Å². The van der Waals surface area contributed by atoms with Gasteiger partial charge in [-0.1, -0.05) is 17.7 Å². The second-order valence-electron chi connectivity index (χ2n) is 3.49.